The molecule has 0 saturated heterocycles. The highest BCUT2D eigenvalue weighted by molar-refractivity contribution is 5.27. The van der Waals surface area contributed by atoms with Crippen molar-refractivity contribution in [2.75, 3.05) is 13.2 Å². The van der Waals surface area contributed by atoms with E-state index in [0.717, 1.165) is 48.7 Å². The van der Waals surface area contributed by atoms with Crippen molar-refractivity contribution in [1.29, 1.82) is 0 Å². The van der Waals surface area contributed by atoms with Gasteiger partial charge < -0.3 is 20.9 Å². The van der Waals surface area contributed by atoms with Gasteiger partial charge in [-0.15, -0.1) is 0 Å². The van der Waals surface area contributed by atoms with Crippen molar-refractivity contribution in [2.24, 2.45) is 11.5 Å². The van der Waals surface area contributed by atoms with E-state index >= 15 is 0 Å². The summed E-state index contributed by atoms with van der Waals surface area (Å²) in [6, 6.07) is 16.0. The Morgan fingerprint density at radius 1 is 0.520 bits per heavy atom. The van der Waals surface area contributed by atoms with Crippen LogP contribution in [-0.2, 0) is 13.1 Å². The first-order valence-corrected chi connectivity index (χ1v) is 9.15. The van der Waals surface area contributed by atoms with Gasteiger partial charge in [-0.2, -0.15) is 0 Å². The molecule has 2 aromatic carbocycles. The fraction of sp³-hybridized carbons (Fsp3) is 0.429. The van der Waals surface area contributed by atoms with Crippen LogP contribution in [0.2, 0.25) is 0 Å². The second-order valence-electron chi connectivity index (χ2n) is 6.16. The van der Waals surface area contributed by atoms with Gasteiger partial charge in [-0.25, -0.2) is 0 Å². The molecule has 4 N–H and O–H groups in total. The van der Waals surface area contributed by atoms with Gasteiger partial charge in [-0.05, 0) is 48.2 Å². The van der Waals surface area contributed by atoms with Gasteiger partial charge in [0.05, 0.1) is 13.2 Å². The predicted octanol–water partition coefficient (Wildman–Crippen LogP) is 4.01. The van der Waals surface area contributed by atoms with Crippen molar-refractivity contribution in [2.45, 2.75) is 45.2 Å². The third-order valence-electron chi connectivity index (χ3n) is 4.14. The number of rotatable bonds is 12. The maximum absolute atomic E-state index is 5.74. The summed E-state index contributed by atoms with van der Waals surface area (Å²) in [7, 11) is 0. The van der Waals surface area contributed by atoms with Crippen molar-refractivity contribution in [3.8, 4) is 11.5 Å². The lowest BCUT2D eigenvalue weighted by Gasteiger charge is -2.08. The molecule has 0 aliphatic heterocycles. The van der Waals surface area contributed by atoms with Crippen LogP contribution in [0, 0.1) is 0 Å². The number of unbranched alkanes of at least 4 members (excludes halogenated alkanes) is 4. The van der Waals surface area contributed by atoms with Crippen LogP contribution in [0.4, 0.5) is 0 Å². The molecule has 136 valence electrons. The zero-order valence-corrected chi connectivity index (χ0v) is 15.0. The molecule has 0 unspecified atom stereocenters. The Morgan fingerprint density at radius 2 is 0.880 bits per heavy atom. The van der Waals surface area contributed by atoms with E-state index in [9.17, 15) is 0 Å². The summed E-state index contributed by atoms with van der Waals surface area (Å²) >= 11 is 0. The van der Waals surface area contributed by atoms with E-state index in [1.54, 1.807) is 0 Å². The first-order chi connectivity index (χ1) is 12.3. The standard InChI is InChI=1S/C21H30N2O2/c22-16-18-6-10-20(11-7-18)24-14-4-2-1-3-5-15-25-21-12-8-19(17-23)9-13-21/h6-13H,1-5,14-17,22-23H2. The number of hydrogen-bond donors (Lipinski definition) is 2. The number of ether oxygens (including phenoxy) is 2. The van der Waals surface area contributed by atoms with E-state index in [2.05, 4.69) is 0 Å². The van der Waals surface area contributed by atoms with Crippen LogP contribution >= 0.6 is 0 Å². The SMILES string of the molecule is NCc1ccc(OCCCCCCCOc2ccc(CN)cc2)cc1. The second kappa shape index (κ2) is 11.5. The van der Waals surface area contributed by atoms with E-state index in [1.165, 1.54) is 19.3 Å². The molecule has 0 aliphatic rings. The third-order valence-corrected chi connectivity index (χ3v) is 4.14. The average Bonchev–Trinajstić information content (AvgIpc) is 2.67. The lowest BCUT2D eigenvalue weighted by atomic mass is 10.1. The summed E-state index contributed by atoms with van der Waals surface area (Å²) < 4.78 is 11.5. The average molecular weight is 342 g/mol. The number of benzene rings is 2. The molecule has 0 bridgehead atoms. The topological polar surface area (TPSA) is 70.5 Å². The van der Waals surface area contributed by atoms with Crippen LogP contribution in [0.1, 0.15) is 43.2 Å². The van der Waals surface area contributed by atoms with E-state index in [4.69, 9.17) is 20.9 Å². The van der Waals surface area contributed by atoms with Gasteiger partial charge in [0.15, 0.2) is 0 Å². The molecule has 0 heterocycles. The highest BCUT2D eigenvalue weighted by atomic mass is 16.5. The van der Waals surface area contributed by atoms with Gasteiger partial charge in [0.2, 0.25) is 0 Å². The van der Waals surface area contributed by atoms with Crippen LogP contribution in [-0.4, -0.2) is 13.2 Å². The Balaban J connectivity index is 1.45. The molecule has 0 aromatic heterocycles. The lowest BCUT2D eigenvalue weighted by molar-refractivity contribution is 0.293. The summed E-state index contributed by atoms with van der Waals surface area (Å²) in [6.07, 6.45) is 5.75. The summed E-state index contributed by atoms with van der Waals surface area (Å²) in [5, 5.41) is 0. The molecular weight excluding hydrogens is 312 g/mol. The Kier molecular flexibility index (Phi) is 8.87. The molecule has 0 fully saturated rings. The number of hydrogen-bond acceptors (Lipinski definition) is 4. The van der Waals surface area contributed by atoms with Crippen LogP contribution in [0.15, 0.2) is 48.5 Å². The molecule has 0 atom stereocenters. The van der Waals surface area contributed by atoms with Gasteiger partial charge in [-0.3, -0.25) is 0 Å². The Hall–Kier alpha value is -2.04. The molecule has 25 heavy (non-hydrogen) atoms. The van der Waals surface area contributed by atoms with Crippen molar-refractivity contribution in [3.05, 3.63) is 59.7 Å². The van der Waals surface area contributed by atoms with Gasteiger partial charge >= 0.3 is 0 Å². The minimum Gasteiger partial charge on any atom is -0.494 e. The van der Waals surface area contributed by atoms with Gasteiger partial charge in [0.25, 0.3) is 0 Å². The van der Waals surface area contributed by atoms with Crippen molar-refractivity contribution in [1.82, 2.24) is 0 Å². The molecule has 4 heteroatoms. The Morgan fingerprint density at radius 3 is 1.24 bits per heavy atom. The second-order valence-corrected chi connectivity index (χ2v) is 6.16. The predicted molar refractivity (Wildman–Crippen MR) is 103 cm³/mol. The van der Waals surface area contributed by atoms with E-state index in [-0.39, 0.29) is 0 Å². The van der Waals surface area contributed by atoms with Crippen LogP contribution < -0.4 is 20.9 Å². The fourth-order valence-corrected chi connectivity index (χ4v) is 2.56. The lowest BCUT2D eigenvalue weighted by Crippen LogP contribution is -2.00. The van der Waals surface area contributed by atoms with E-state index in [0.29, 0.717) is 13.1 Å². The van der Waals surface area contributed by atoms with Crippen molar-refractivity contribution in [3.63, 3.8) is 0 Å². The molecule has 0 saturated carbocycles. The zero-order chi connectivity index (χ0) is 17.7. The maximum Gasteiger partial charge on any atom is 0.119 e. The van der Waals surface area contributed by atoms with E-state index in [1.807, 2.05) is 48.5 Å². The maximum atomic E-state index is 5.74. The quantitative estimate of drug-likeness (QED) is 0.572. The van der Waals surface area contributed by atoms with Crippen LogP contribution in [0.3, 0.4) is 0 Å². The summed E-state index contributed by atoms with van der Waals surface area (Å²) in [5.41, 5.74) is 13.4. The van der Waals surface area contributed by atoms with Gasteiger partial charge in [0.1, 0.15) is 11.5 Å². The van der Waals surface area contributed by atoms with Gasteiger partial charge in [0, 0.05) is 13.1 Å². The molecule has 4 nitrogen and oxygen atoms in total. The first kappa shape index (κ1) is 19.3. The Bertz CT molecular complexity index is 528. The van der Waals surface area contributed by atoms with Crippen LogP contribution in [0.25, 0.3) is 0 Å². The monoisotopic (exact) mass is 342 g/mol. The largest absolute Gasteiger partial charge is 0.494 e. The zero-order valence-electron chi connectivity index (χ0n) is 15.0. The molecule has 2 rings (SSSR count). The summed E-state index contributed by atoms with van der Waals surface area (Å²) in [5.74, 6) is 1.84. The first-order valence-electron chi connectivity index (χ1n) is 9.15. The minimum absolute atomic E-state index is 0.572. The van der Waals surface area contributed by atoms with E-state index < -0.39 is 0 Å². The molecule has 0 aliphatic carbocycles. The minimum atomic E-state index is 0.572. The fourth-order valence-electron chi connectivity index (χ4n) is 2.56. The van der Waals surface area contributed by atoms with Crippen LogP contribution in [0.5, 0.6) is 11.5 Å². The molecule has 0 amide bonds. The summed E-state index contributed by atoms with van der Waals surface area (Å²) in [6.45, 7) is 2.68. The summed E-state index contributed by atoms with van der Waals surface area (Å²) in [4.78, 5) is 0. The molecule has 0 radical (unpaired) electrons. The van der Waals surface area contributed by atoms with Gasteiger partial charge in [-0.1, -0.05) is 43.5 Å². The molecule has 2 aromatic rings. The normalized spacial score (nSPS) is 10.6. The Labute approximate surface area is 151 Å². The van der Waals surface area contributed by atoms with Crippen molar-refractivity contribution < 1.29 is 9.47 Å². The third kappa shape index (κ3) is 7.59. The number of nitrogens with two attached hydrogens (primary N) is 2. The molecular formula is C21H30N2O2. The van der Waals surface area contributed by atoms with Crippen molar-refractivity contribution >= 4 is 0 Å². The molecule has 0 spiro atoms. The highest BCUT2D eigenvalue weighted by Gasteiger charge is 1.97. The highest BCUT2D eigenvalue weighted by Crippen LogP contribution is 2.14. The smallest absolute Gasteiger partial charge is 0.119 e.